The summed E-state index contributed by atoms with van der Waals surface area (Å²) in [6.45, 7) is 6.27. The van der Waals surface area contributed by atoms with Crippen LogP contribution in [0.2, 0.25) is 0 Å². The number of aromatic nitrogens is 1. The van der Waals surface area contributed by atoms with Gasteiger partial charge in [-0.2, -0.15) is 0 Å². The first-order valence-corrected chi connectivity index (χ1v) is 10.1. The second-order valence-corrected chi connectivity index (χ2v) is 8.06. The number of rotatable bonds is 8. The molecule has 0 spiro atoms. The van der Waals surface area contributed by atoms with Crippen LogP contribution < -0.4 is 4.72 Å². The maximum Gasteiger partial charge on any atom is 0.338 e. The van der Waals surface area contributed by atoms with Gasteiger partial charge in [0, 0.05) is 23.5 Å². The highest BCUT2D eigenvalue weighted by Gasteiger charge is 2.19. The Balaban J connectivity index is 2.11. The molecule has 1 heterocycles. The molecule has 1 N–H and O–H groups in total. The van der Waals surface area contributed by atoms with Crippen molar-refractivity contribution in [2.45, 2.75) is 38.6 Å². The molecule has 2 rings (SSSR count). The summed E-state index contributed by atoms with van der Waals surface area (Å²) in [5.74, 6) is -1.04. The van der Waals surface area contributed by atoms with Crippen molar-refractivity contribution in [3.8, 4) is 0 Å². The molecule has 27 heavy (non-hydrogen) atoms. The van der Waals surface area contributed by atoms with Gasteiger partial charge in [0.05, 0.1) is 10.5 Å². The van der Waals surface area contributed by atoms with Gasteiger partial charge in [-0.15, -0.1) is 0 Å². The highest BCUT2D eigenvalue weighted by molar-refractivity contribution is 7.89. The van der Waals surface area contributed by atoms with Gasteiger partial charge in [-0.1, -0.05) is 13.0 Å². The van der Waals surface area contributed by atoms with Crippen LogP contribution in [0.4, 0.5) is 0 Å². The number of esters is 1. The third-order valence-electron chi connectivity index (χ3n) is 4.30. The molecule has 0 saturated heterocycles. The molecule has 0 saturated carbocycles. The third-order valence-corrected chi connectivity index (χ3v) is 5.72. The number of nitrogens with zero attached hydrogens (tertiary/aromatic N) is 1. The van der Waals surface area contributed by atoms with Crippen LogP contribution in [0.1, 0.15) is 45.4 Å². The normalized spacial score (nSPS) is 11.4. The van der Waals surface area contributed by atoms with Gasteiger partial charge in [-0.25, -0.2) is 17.9 Å². The van der Waals surface area contributed by atoms with Crippen molar-refractivity contribution in [1.82, 2.24) is 9.29 Å². The zero-order valence-corrected chi connectivity index (χ0v) is 16.7. The lowest BCUT2D eigenvalue weighted by molar-refractivity contribution is 0.0474. The zero-order valence-electron chi connectivity index (χ0n) is 15.9. The Morgan fingerprint density at radius 1 is 1.19 bits per heavy atom. The Kier molecular flexibility index (Phi) is 6.56. The van der Waals surface area contributed by atoms with Gasteiger partial charge in [0.25, 0.3) is 0 Å². The molecule has 0 fully saturated rings. The van der Waals surface area contributed by atoms with E-state index in [4.69, 9.17) is 4.74 Å². The number of carbonyl (C=O) groups is 2. The predicted molar refractivity (Wildman–Crippen MR) is 101 cm³/mol. The van der Waals surface area contributed by atoms with Crippen molar-refractivity contribution in [2.24, 2.45) is 0 Å². The molecule has 0 aliphatic heterocycles. The quantitative estimate of drug-likeness (QED) is 0.550. The second kappa shape index (κ2) is 8.49. The van der Waals surface area contributed by atoms with Crippen molar-refractivity contribution in [2.75, 3.05) is 13.7 Å². The molecule has 0 amide bonds. The average Bonchev–Trinajstić information content (AvgIpc) is 2.94. The predicted octanol–water partition coefficient (Wildman–Crippen LogP) is 2.46. The van der Waals surface area contributed by atoms with Crippen LogP contribution in [0.3, 0.4) is 0 Å². The summed E-state index contributed by atoms with van der Waals surface area (Å²) in [6, 6.07) is 7.26. The summed E-state index contributed by atoms with van der Waals surface area (Å²) in [4.78, 5) is 24.6. The van der Waals surface area contributed by atoms with Crippen LogP contribution >= 0.6 is 0 Å². The van der Waals surface area contributed by atoms with Crippen LogP contribution in [0.15, 0.2) is 35.2 Å². The summed E-state index contributed by atoms with van der Waals surface area (Å²) in [5.41, 5.74) is 2.42. The number of ketones is 1. The molecule has 0 radical (unpaired) electrons. The fourth-order valence-corrected chi connectivity index (χ4v) is 3.63. The van der Waals surface area contributed by atoms with Crippen molar-refractivity contribution < 1.29 is 22.7 Å². The molecule has 2 aromatic rings. The fraction of sp³-hybridized carbons (Fsp3) is 0.368. The van der Waals surface area contributed by atoms with E-state index < -0.39 is 22.6 Å². The highest BCUT2D eigenvalue weighted by Crippen LogP contribution is 2.17. The Morgan fingerprint density at radius 3 is 2.52 bits per heavy atom. The molecule has 8 heteroatoms. The van der Waals surface area contributed by atoms with E-state index in [-0.39, 0.29) is 16.2 Å². The Morgan fingerprint density at radius 2 is 1.89 bits per heavy atom. The molecule has 0 atom stereocenters. The van der Waals surface area contributed by atoms with E-state index in [1.807, 2.05) is 13.8 Å². The van der Waals surface area contributed by atoms with Crippen molar-refractivity contribution in [1.29, 1.82) is 0 Å². The topological polar surface area (TPSA) is 94.5 Å². The molecule has 7 nitrogen and oxygen atoms in total. The van der Waals surface area contributed by atoms with Crippen LogP contribution in [-0.4, -0.2) is 38.4 Å². The molecular formula is C19H24N2O5S. The van der Waals surface area contributed by atoms with E-state index in [9.17, 15) is 18.0 Å². The SMILES string of the molecule is CCCn1c(C)cc(C(=O)COC(=O)c2cccc(S(=O)(=O)NC)c2)c1C. The minimum Gasteiger partial charge on any atom is -0.454 e. The minimum atomic E-state index is -3.67. The van der Waals surface area contributed by atoms with Gasteiger partial charge in [0.15, 0.2) is 6.61 Å². The van der Waals surface area contributed by atoms with Gasteiger partial charge in [-0.3, -0.25) is 4.79 Å². The summed E-state index contributed by atoms with van der Waals surface area (Å²) >= 11 is 0. The van der Waals surface area contributed by atoms with Crippen molar-refractivity contribution >= 4 is 21.8 Å². The molecular weight excluding hydrogens is 368 g/mol. The van der Waals surface area contributed by atoms with E-state index in [1.165, 1.54) is 31.3 Å². The lowest BCUT2D eigenvalue weighted by Gasteiger charge is -2.08. The molecule has 0 aliphatic carbocycles. The van der Waals surface area contributed by atoms with E-state index in [0.717, 1.165) is 24.4 Å². The number of carbonyl (C=O) groups excluding carboxylic acids is 2. The van der Waals surface area contributed by atoms with Gasteiger partial charge in [0.1, 0.15) is 0 Å². The molecule has 0 bridgehead atoms. The largest absolute Gasteiger partial charge is 0.454 e. The first-order chi connectivity index (χ1) is 12.7. The van der Waals surface area contributed by atoms with Crippen LogP contribution in [0.5, 0.6) is 0 Å². The Hall–Kier alpha value is -2.45. The number of hydrogen-bond acceptors (Lipinski definition) is 5. The summed E-state index contributed by atoms with van der Waals surface area (Å²) < 4.78 is 33.0. The number of Topliss-reactive ketones (excluding diaryl/α,β-unsaturated/α-hetero) is 1. The second-order valence-electron chi connectivity index (χ2n) is 6.17. The number of nitrogens with one attached hydrogen (secondary N) is 1. The smallest absolute Gasteiger partial charge is 0.338 e. The molecule has 146 valence electrons. The van der Waals surface area contributed by atoms with E-state index in [1.54, 1.807) is 6.07 Å². The molecule has 1 aromatic heterocycles. The Labute approximate surface area is 159 Å². The van der Waals surface area contributed by atoms with Gasteiger partial charge in [0.2, 0.25) is 15.8 Å². The van der Waals surface area contributed by atoms with Crippen molar-refractivity contribution in [3.05, 3.63) is 52.8 Å². The monoisotopic (exact) mass is 392 g/mol. The van der Waals surface area contributed by atoms with Gasteiger partial charge >= 0.3 is 5.97 Å². The summed E-state index contributed by atoms with van der Waals surface area (Å²) in [7, 11) is -2.38. The lowest BCUT2D eigenvalue weighted by atomic mass is 10.1. The maximum atomic E-state index is 12.4. The number of sulfonamides is 1. The average molecular weight is 392 g/mol. The standard InChI is InChI=1S/C19H24N2O5S/c1-5-9-21-13(2)10-17(14(21)3)18(22)12-26-19(23)15-7-6-8-16(11-15)27(24,25)20-4/h6-8,10-11,20H,5,9,12H2,1-4H3. The third kappa shape index (κ3) is 4.64. The van der Waals surface area contributed by atoms with Crippen LogP contribution in [-0.2, 0) is 21.3 Å². The number of benzene rings is 1. The highest BCUT2D eigenvalue weighted by atomic mass is 32.2. The summed E-state index contributed by atoms with van der Waals surface area (Å²) in [6.07, 6.45) is 0.949. The first-order valence-electron chi connectivity index (χ1n) is 8.62. The number of aryl methyl sites for hydroxylation is 1. The first kappa shape index (κ1) is 20.9. The van der Waals surface area contributed by atoms with E-state index in [2.05, 4.69) is 16.2 Å². The fourth-order valence-electron chi connectivity index (χ4n) is 2.85. The zero-order chi connectivity index (χ0) is 20.2. The van der Waals surface area contributed by atoms with Gasteiger partial charge in [-0.05, 0) is 51.6 Å². The Bertz CT molecular complexity index is 960. The van der Waals surface area contributed by atoms with E-state index in [0.29, 0.717) is 5.56 Å². The number of hydrogen-bond donors (Lipinski definition) is 1. The minimum absolute atomic E-state index is 0.0473. The summed E-state index contributed by atoms with van der Waals surface area (Å²) in [5, 5.41) is 0. The molecule has 0 unspecified atom stereocenters. The molecule has 0 aliphatic rings. The lowest BCUT2D eigenvalue weighted by Crippen LogP contribution is -2.19. The molecule has 1 aromatic carbocycles. The van der Waals surface area contributed by atoms with Gasteiger partial charge < -0.3 is 9.30 Å². The number of ether oxygens (including phenoxy) is 1. The van der Waals surface area contributed by atoms with Crippen LogP contribution in [0.25, 0.3) is 0 Å². The van der Waals surface area contributed by atoms with E-state index >= 15 is 0 Å². The maximum absolute atomic E-state index is 12.4. The van der Waals surface area contributed by atoms with Crippen molar-refractivity contribution in [3.63, 3.8) is 0 Å². The van der Waals surface area contributed by atoms with Crippen LogP contribution in [0, 0.1) is 13.8 Å².